The van der Waals surface area contributed by atoms with Crippen LogP contribution in [-0.4, -0.2) is 55.3 Å². The van der Waals surface area contributed by atoms with Gasteiger partial charge in [-0.05, 0) is 33.2 Å². The van der Waals surface area contributed by atoms with Gasteiger partial charge in [0.1, 0.15) is 28.0 Å². The lowest BCUT2D eigenvalue weighted by Crippen LogP contribution is -2.19. The number of methoxy groups -OCH3 is 1. The van der Waals surface area contributed by atoms with Gasteiger partial charge in [-0.3, -0.25) is 0 Å². The number of likely N-dealkylation sites (N-methyl/N-ethyl adjacent to an activating group) is 1. The largest absolute Gasteiger partial charge is 0.497 e. The molecule has 7 heteroatoms. The molecule has 0 saturated carbocycles. The number of ether oxygens (including phenoxy) is 2. The fraction of sp³-hybridized carbons (Fsp3) is 0.375. The average molecular weight is 336 g/mol. The number of carboxylic acids is 1. The van der Waals surface area contributed by atoms with E-state index in [1.807, 2.05) is 31.1 Å². The van der Waals surface area contributed by atoms with Crippen LogP contribution in [0.3, 0.4) is 0 Å². The molecule has 0 aliphatic rings. The quantitative estimate of drug-likeness (QED) is 0.838. The molecular formula is C16H20N2O4S. The van der Waals surface area contributed by atoms with Crippen LogP contribution in [-0.2, 0) is 0 Å². The first kappa shape index (κ1) is 17.2. The number of thiazole rings is 1. The molecule has 6 nitrogen and oxygen atoms in total. The van der Waals surface area contributed by atoms with Crippen molar-refractivity contribution in [3.8, 4) is 22.1 Å². The molecule has 0 aliphatic heterocycles. The Morgan fingerprint density at radius 3 is 2.70 bits per heavy atom. The molecule has 0 radical (unpaired) electrons. The minimum absolute atomic E-state index is 0.245. The normalized spacial score (nSPS) is 10.8. The van der Waals surface area contributed by atoms with Gasteiger partial charge < -0.3 is 19.5 Å². The first-order chi connectivity index (χ1) is 10.9. The number of aromatic nitrogens is 1. The van der Waals surface area contributed by atoms with E-state index in [4.69, 9.17) is 9.47 Å². The molecule has 0 unspecified atom stereocenters. The number of carbonyl (C=O) groups is 1. The minimum Gasteiger partial charge on any atom is -0.497 e. The van der Waals surface area contributed by atoms with Gasteiger partial charge in [-0.25, -0.2) is 9.78 Å². The maximum atomic E-state index is 11.2. The number of hydrogen-bond donors (Lipinski definition) is 1. The van der Waals surface area contributed by atoms with Crippen LogP contribution in [0.1, 0.15) is 15.4 Å². The van der Waals surface area contributed by atoms with E-state index < -0.39 is 5.97 Å². The molecule has 2 rings (SSSR count). The number of benzene rings is 1. The second-order valence-electron chi connectivity index (χ2n) is 5.25. The number of hydrogen-bond acceptors (Lipinski definition) is 6. The zero-order valence-corrected chi connectivity index (χ0v) is 14.4. The molecule has 0 amide bonds. The Labute approximate surface area is 139 Å². The maximum absolute atomic E-state index is 11.2. The smallest absolute Gasteiger partial charge is 0.347 e. The topological polar surface area (TPSA) is 71.9 Å². The first-order valence-corrected chi connectivity index (χ1v) is 7.90. The molecule has 0 saturated heterocycles. The summed E-state index contributed by atoms with van der Waals surface area (Å²) in [5.74, 6) is 0.354. The third kappa shape index (κ3) is 4.20. The standard InChI is InChI=1S/C16H20N2O4S/c1-10-14(16(19)20)23-15(17-10)12-6-5-11(21-4)9-13(12)22-8-7-18(2)3/h5-6,9H,7-8H2,1-4H3,(H,19,20). The molecule has 1 heterocycles. The van der Waals surface area contributed by atoms with Gasteiger partial charge in [-0.15, -0.1) is 11.3 Å². The zero-order valence-electron chi connectivity index (χ0n) is 13.6. The predicted octanol–water partition coefficient (Wildman–Crippen LogP) is 2.77. The van der Waals surface area contributed by atoms with Crippen molar-refractivity contribution in [2.75, 3.05) is 34.4 Å². The van der Waals surface area contributed by atoms with Crippen molar-refractivity contribution in [3.63, 3.8) is 0 Å². The van der Waals surface area contributed by atoms with Crippen LogP contribution in [0.5, 0.6) is 11.5 Å². The number of nitrogens with zero attached hydrogens (tertiary/aromatic N) is 2. The van der Waals surface area contributed by atoms with Gasteiger partial charge in [0.2, 0.25) is 0 Å². The van der Waals surface area contributed by atoms with E-state index in [1.165, 1.54) is 0 Å². The van der Waals surface area contributed by atoms with Crippen LogP contribution in [0, 0.1) is 6.92 Å². The molecular weight excluding hydrogens is 316 g/mol. The molecule has 0 spiro atoms. The van der Waals surface area contributed by atoms with Crippen LogP contribution in [0.15, 0.2) is 18.2 Å². The Bertz CT molecular complexity index is 697. The number of rotatable bonds is 7. The highest BCUT2D eigenvalue weighted by Gasteiger charge is 2.18. The summed E-state index contributed by atoms with van der Waals surface area (Å²) in [4.78, 5) is 17.8. The number of aromatic carboxylic acids is 1. The second-order valence-corrected chi connectivity index (χ2v) is 6.25. The van der Waals surface area contributed by atoms with Crippen LogP contribution in [0.4, 0.5) is 0 Å². The van der Waals surface area contributed by atoms with Gasteiger partial charge in [0.15, 0.2) is 0 Å². The molecule has 2 aromatic rings. The van der Waals surface area contributed by atoms with E-state index in [1.54, 1.807) is 20.1 Å². The van der Waals surface area contributed by atoms with Gasteiger partial charge in [0.25, 0.3) is 0 Å². The van der Waals surface area contributed by atoms with Crippen LogP contribution < -0.4 is 9.47 Å². The maximum Gasteiger partial charge on any atom is 0.347 e. The Kier molecular flexibility index (Phi) is 5.57. The number of carboxylic acid groups (broad SMARTS) is 1. The molecule has 1 aromatic carbocycles. The highest BCUT2D eigenvalue weighted by molar-refractivity contribution is 7.17. The summed E-state index contributed by atoms with van der Waals surface area (Å²) in [5.41, 5.74) is 1.28. The van der Waals surface area contributed by atoms with E-state index in [0.29, 0.717) is 28.8 Å². The lowest BCUT2D eigenvalue weighted by atomic mass is 10.2. The van der Waals surface area contributed by atoms with E-state index in [2.05, 4.69) is 4.98 Å². The molecule has 0 atom stereocenters. The average Bonchev–Trinajstić information content (AvgIpc) is 2.88. The molecule has 124 valence electrons. The Hall–Kier alpha value is -2.12. The van der Waals surface area contributed by atoms with Gasteiger partial charge in [-0.1, -0.05) is 0 Å². The summed E-state index contributed by atoms with van der Waals surface area (Å²) < 4.78 is 11.1. The van der Waals surface area contributed by atoms with Crippen molar-refractivity contribution in [2.45, 2.75) is 6.92 Å². The van der Waals surface area contributed by atoms with E-state index >= 15 is 0 Å². The van der Waals surface area contributed by atoms with Crippen LogP contribution >= 0.6 is 11.3 Å². The third-order valence-corrected chi connectivity index (χ3v) is 4.38. The van der Waals surface area contributed by atoms with Crippen molar-refractivity contribution in [1.82, 2.24) is 9.88 Å². The van der Waals surface area contributed by atoms with Crippen molar-refractivity contribution in [1.29, 1.82) is 0 Å². The van der Waals surface area contributed by atoms with Crippen molar-refractivity contribution < 1.29 is 19.4 Å². The molecule has 0 bridgehead atoms. The van der Waals surface area contributed by atoms with Crippen LogP contribution in [0.2, 0.25) is 0 Å². The summed E-state index contributed by atoms with van der Waals surface area (Å²) in [7, 11) is 5.53. The zero-order chi connectivity index (χ0) is 17.0. The third-order valence-electron chi connectivity index (χ3n) is 3.21. The highest BCUT2D eigenvalue weighted by Crippen LogP contribution is 2.36. The van der Waals surface area contributed by atoms with Gasteiger partial charge in [0, 0.05) is 12.6 Å². The van der Waals surface area contributed by atoms with Crippen molar-refractivity contribution in [2.24, 2.45) is 0 Å². The van der Waals surface area contributed by atoms with E-state index in [9.17, 15) is 9.90 Å². The lowest BCUT2D eigenvalue weighted by molar-refractivity contribution is 0.0701. The molecule has 0 aliphatic carbocycles. The SMILES string of the molecule is COc1ccc(-c2nc(C)c(C(=O)O)s2)c(OCCN(C)C)c1. The monoisotopic (exact) mass is 336 g/mol. The molecule has 23 heavy (non-hydrogen) atoms. The molecule has 1 aromatic heterocycles. The Morgan fingerprint density at radius 1 is 1.39 bits per heavy atom. The first-order valence-electron chi connectivity index (χ1n) is 7.09. The van der Waals surface area contributed by atoms with Gasteiger partial charge >= 0.3 is 5.97 Å². The molecule has 0 fully saturated rings. The Morgan fingerprint density at radius 2 is 2.13 bits per heavy atom. The summed E-state index contributed by atoms with van der Waals surface area (Å²) in [6.07, 6.45) is 0. The van der Waals surface area contributed by atoms with Crippen LogP contribution in [0.25, 0.3) is 10.6 Å². The van der Waals surface area contributed by atoms with Gasteiger partial charge in [-0.2, -0.15) is 0 Å². The number of aryl methyl sites for hydroxylation is 1. The Balaban J connectivity index is 2.36. The van der Waals surface area contributed by atoms with Gasteiger partial charge in [0.05, 0.1) is 18.4 Å². The van der Waals surface area contributed by atoms with E-state index in [-0.39, 0.29) is 4.88 Å². The van der Waals surface area contributed by atoms with Crippen molar-refractivity contribution >= 4 is 17.3 Å². The minimum atomic E-state index is -0.963. The van der Waals surface area contributed by atoms with Crippen molar-refractivity contribution in [3.05, 3.63) is 28.8 Å². The summed E-state index contributed by atoms with van der Waals surface area (Å²) >= 11 is 1.15. The van der Waals surface area contributed by atoms with E-state index in [0.717, 1.165) is 23.4 Å². The predicted molar refractivity (Wildman–Crippen MR) is 89.8 cm³/mol. The molecule has 1 N–H and O–H groups in total. The highest BCUT2D eigenvalue weighted by atomic mass is 32.1. The summed E-state index contributed by atoms with van der Waals surface area (Å²) in [6, 6.07) is 5.45. The second kappa shape index (κ2) is 7.43. The fourth-order valence-electron chi connectivity index (χ4n) is 1.97. The summed E-state index contributed by atoms with van der Waals surface area (Å²) in [5, 5.41) is 9.82. The summed E-state index contributed by atoms with van der Waals surface area (Å²) in [6.45, 7) is 2.98. The fourth-order valence-corrected chi connectivity index (χ4v) is 2.91. The lowest BCUT2D eigenvalue weighted by Gasteiger charge is -2.14.